The number of aryl methyl sites for hydroxylation is 2. The van der Waals surface area contributed by atoms with Crippen LogP contribution in [-0.2, 0) is 6.42 Å². The van der Waals surface area contributed by atoms with E-state index in [1.165, 1.54) is 36.0 Å². The van der Waals surface area contributed by atoms with Gasteiger partial charge in [-0.1, -0.05) is 35.7 Å². The SMILES string of the molecule is Cc1cc(C)cc(CC2(O)CC3CCCC(C2)S3)c1. The summed E-state index contributed by atoms with van der Waals surface area (Å²) in [6.45, 7) is 4.29. The molecule has 2 heteroatoms. The van der Waals surface area contributed by atoms with Gasteiger partial charge in [-0.2, -0.15) is 11.8 Å². The van der Waals surface area contributed by atoms with Crippen molar-refractivity contribution in [2.24, 2.45) is 0 Å². The van der Waals surface area contributed by atoms with Crippen LogP contribution in [0, 0.1) is 13.8 Å². The van der Waals surface area contributed by atoms with Crippen LogP contribution < -0.4 is 0 Å². The summed E-state index contributed by atoms with van der Waals surface area (Å²) in [5.41, 5.74) is 3.47. The highest BCUT2D eigenvalue weighted by molar-refractivity contribution is 8.00. The van der Waals surface area contributed by atoms with Crippen molar-refractivity contribution < 1.29 is 5.11 Å². The van der Waals surface area contributed by atoms with Crippen molar-refractivity contribution in [2.45, 2.75) is 68.5 Å². The van der Waals surface area contributed by atoms with E-state index in [0.29, 0.717) is 10.5 Å². The number of benzene rings is 1. The third-order valence-electron chi connectivity index (χ3n) is 4.47. The average Bonchev–Trinajstić information content (AvgIpc) is 2.25. The Labute approximate surface area is 120 Å². The van der Waals surface area contributed by atoms with Gasteiger partial charge < -0.3 is 5.11 Å². The molecule has 0 aromatic heterocycles. The second-order valence-corrected chi connectivity index (χ2v) is 8.22. The predicted octanol–water partition coefficient (Wildman–Crippen LogP) is 4.03. The van der Waals surface area contributed by atoms with Crippen LogP contribution in [0.1, 0.15) is 48.8 Å². The molecule has 3 rings (SSSR count). The first-order valence-electron chi connectivity index (χ1n) is 7.47. The topological polar surface area (TPSA) is 20.2 Å². The van der Waals surface area contributed by atoms with Crippen LogP contribution in [0.25, 0.3) is 0 Å². The Morgan fingerprint density at radius 1 is 1.11 bits per heavy atom. The molecule has 1 N–H and O–H groups in total. The molecule has 2 fully saturated rings. The smallest absolute Gasteiger partial charge is 0.0709 e. The van der Waals surface area contributed by atoms with Gasteiger partial charge in [0.1, 0.15) is 0 Å². The zero-order chi connectivity index (χ0) is 13.5. The van der Waals surface area contributed by atoms with Crippen molar-refractivity contribution in [2.75, 3.05) is 0 Å². The molecule has 2 aliphatic rings. The van der Waals surface area contributed by atoms with Gasteiger partial charge in [0.2, 0.25) is 0 Å². The summed E-state index contributed by atoms with van der Waals surface area (Å²) in [7, 11) is 0. The normalized spacial score (nSPS) is 34.3. The summed E-state index contributed by atoms with van der Waals surface area (Å²) in [4.78, 5) is 0. The number of hydrogen-bond donors (Lipinski definition) is 1. The fraction of sp³-hybridized carbons (Fsp3) is 0.647. The van der Waals surface area contributed by atoms with Gasteiger partial charge in [-0.3, -0.25) is 0 Å². The molecule has 0 spiro atoms. The Bertz CT molecular complexity index is 436. The van der Waals surface area contributed by atoms with Gasteiger partial charge in [0.05, 0.1) is 5.60 Å². The molecule has 2 unspecified atom stereocenters. The molecule has 2 aliphatic heterocycles. The van der Waals surface area contributed by atoms with E-state index in [4.69, 9.17) is 0 Å². The first-order valence-corrected chi connectivity index (χ1v) is 8.42. The van der Waals surface area contributed by atoms with Crippen molar-refractivity contribution in [3.05, 3.63) is 34.9 Å². The fourth-order valence-electron chi connectivity index (χ4n) is 3.91. The lowest BCUT2D eigenvalue weighted by atomic mass is 9.81. The van der Waals surface area contributed by atoms with Gasteiger partial charge in [0.15, 0.2) is 0 Å². The Morgan fingerprint density at radius 3 is 2.26 bits per heavy atom. The fourth-order valence-corrected chi connectivity index (χ4v) is 5.87. The highest BCUT2D eigenvalue weighted by Gasteiger charge is 2.41. The molecule has 0 amide bonds. The van der Waals surface area contributed by atoms with E-state index in [0.717, 1.165) is 19.3 Å². The summed E-state index contributed by atoms with van der Waals surface area (Å²) in [5.74, 6) is 0. The van der Waals surface area contributed by atoms with Gasteiger partial charge in [0.25, 0.3) is 0 Å². The molecule has 2 heterocycles. The Balaban J connectivity index is 1.77. The van der Waals surface area contributed by atoms with Crippen LogP contribution in [0.5, 0.6) is 0 Å². The third kappa shape index (κ3) is 3.17. The molecule has 1 aromatic carbocycles. The van der Waals surface area contributed by atoms with Crippen LogP contribution in [-0.4, -0.2) is 21.2 Å². The van der Waals surface area contributed by atoms with E-state index in [-0.39, 0.29) is 0 Å². The third-order valence-corrected chi connectivity index (χ3v) is 6.04. The van der Waals surface area contributed by atoms with Crippen molar-refractivity contribution >= 4 is 11.8 Å². The van der Waals surface area contributed by atoms with E-state index < -0.39 is 5.60 Å². The minimum atomic E-state index is -0.457. The van der Waals surface area contributed by atoms with Gasteiger partial charge in [-0.25, -0.2) is 0 Å². The second-order valence-electron chi connectivity index (χ2n) is 6.62. The first kappa shape index (κ1) is 13.5. The number of thioether (sulfide) groups is 1. The molecule has 2 atom stereocenters. The second kappa shape index (κ2) is 5.14. The summed E-state index contributed by atoms with van der Waals surface area (Å²) in [6, 6.07) is 6.68. The number of hydrogen-bond acceptors (Lipinski definition) is 2. The van der Waals surface area contributed by atoms with E-state index in [2.05, 4.69) is 43.8 Å². The maximum absolute atomic E-state index is 11.0. The van der Waals surface area contributed by atoms with Gasteiger partial charge in [-0.05, 0) is 45.1 Å². The molecule has 0 aliphatic carbocycles. The van der Waals surface area contributed by atoms with Gasteiger partial charge in [-0.15, -0.1) is 0 Å². The molecular weight excluding hydrogens is 252 g/mol. The largest absolute Gasteiger partial charge is 0.389 e. The van der Waals surface area contributed by atoms with Crippen LogP contribution >= 0.6 is 11.8 Å². The van der Waals surface area contributed by atoms with Crippen molar-refractivity contribution in [3.8, 4) is 0 Å². The maximum atomic E-state index is 11.0. The molecule has 2 bridgehead atoms. The minimum absolute atomic E-state index is 0.457. The lowest BCUT2D eigenvalue weighted by Crippen LogP contribution is -2.44. The van der Waals surface area contributed by atoms with Crippen LogP contribution in [0.2, 0.25) is 0 Å². The van der Waals surface area contributed by atoms with Crippen molar-refractivity contribution in [1.82, 2.24) is 0 Å². The van der Waals surface area contributed by atoms with E-state index >= 15 is 0 Å². The van der Waals surface area contributed by atoms with Crippen LogP contribution in [0.15, 0.2) is 18.2 Å². The summed E-state index contributed by atoms with van der Waals surface area (Å²) < 4.78 is 0. The molecule has 0 radical (unpaired) electrons. The number of aliphatic hydroxyl groups is 1. The first-order chi connectivity index (χ1) is 9.02. The van der Waals surface area contributed by atoms with E-state index in [1.54, 1.807) is 0 Å². The quantitative estimate of drug-likeness (QED) is 0.880. The molecule has 19 heavy (non-hydrogen) atoms. The molecule has 104 valence electrons. The van der Waals surface area contributed by atoms with Gasteiger partial charge in [0, 0.05) is 16.9 Å². The van der Waals surface area contributed by atoms with Crippen LogP contribution in [0.3, 0.4) is 0 Å². The standard InChI is InChI=1S/C17H24OS/c1-12-6-13(2)8-14(7-12)9-17(18)10-15-4-3-5-16(11-17)19-15/h6-8,15-16,18H,3-5,9-11H2,1-2H3. The van der Waals surface area contributed by atoms with Crippen LogP contribution in [0.4, 0.5) is 0 Å². The van der Waals surface area contributed by atoms with E-state index in [9.17, 15) is 5.11 Å². The number of rotatable bonds is 2. The molecule has 1 nitrogen and oxygen atoms in total. The summed E-state index contributed by atoms with van der Waals surface area (Å²) >= 11 is 2.13. The molecule has 0 saturated carbocycles. The zero-order valence-electron chi connectivity index (χ0n) is 12.0. The Kier molecular flexibility index (Phi) is 3.65. The lowest BCUT2D eigenvalue weighted by molar-refractivity contribution is 0.0130. The summed E-state index contributed by atoms with van der Waals surface area (Å²) in [6.07, 6.45) is 6.78. The highest BCUT2D eigenvalue weighted by atomic mass is 32.2. The zero-order valence-corrected chi connectivity index (χ0v) is 12.8. The molecule has 1 aromatic rings. The predicted molar refractivity (Wildman–Crippen MR) is 82.8 cm³/mol. The minimum Gasteiger partial charge on any atom is -0.389 e. The average molecular weight is 276 g/mol. The van der Waals surface area contributed by atoms with Crippen molar-refractivity contribution in [3.63, 3.8) is 0 Å². The Hall–Kier alpha value is -0.470. The van der Waals surface area contributed by atoms with E-state index in [1.807, 2.05) is 0 Å². The summed E-state index contributed by atoms with van der Waals surface area (Å²) in [5, 5.41) is 12.4. The van der Waals surface area contributed by atoms with Gasteiger partial charge >= 0.3 is 0 Å². The Morgan fingerprint density at radius 2 is 1.68 bits per heavy atom. The van der Waals surface area contributed by atoms with Crippen molar-refractivity contribution in [1.29, 1.82) is 0 Å². The molecule has 2 saturated heterocycles. The maximum Gasteiger partial charge on any atom is 0.0709 e. The monoisotopic (exact) mass is 276 g/mol. The number of fused-ring (bicyclic) bond motifs is 2. The molecular formula is C17H24OS. The highest BCUT2D eigenvalue weighted by Crippen LogP contribution is 2.46. The lowest BCUT2D eigenvalue weighted by Gasteiger charge is -2.44.